The summed E-state index contributed by atoms with van der Waals surface area (Å²) in [6.07, 6.45) is 6.57. The molecule has 0 amide bonds. The number of Topliss-reactive ketones (excluding diaryl/α,β-unsaturated/α-hetero) is 1. The van der Waals surface area contributed by atoms with Gasteiger partial charge < -0.3 is 14.8 Å². The molecule has 1 fully saturated rings. The second-order valence-electron chi connectivity index (χ2n) is 7.61. The van der Waals surface area contributed by atoms with Gasteiger partial charge in [0, 0.05) is 16.5 Å². The second-order valence-corrected chi connectivity index (χ2v) is 8.04. The van der Waals surface area contributed by atoms with E-state index in [4.69, 9.17) is 21.1 Å². The maximum absolute atomic E-state index is 11.2. The Kier molecular flexibility index (Phi) is 8.13. The number of hydrogen-bond donors (Lipinski definition) is 1. The molecule has 1 aromatic heterocycles. The predicted molar refractivity (Wildman–Crippen MR) is 127 cm³/mol. The molecule has 0 bridgehead atoms. The zero-order valence-corrected chi connectivity index (χ0v) is 19.0. The summed E-state index contributed by atoms with van der Waals surface area (Å²) in [5.74, 6) is 2.02. The minimum atomic E-state index is -0.0608. The van der Waals surface area contributed by atoms with Crippen LogP contribution in [-0.2, 0) is 0 Å². The number of halogens is 1. The van der Waals surface area contributed by atoms with E-state index in [2.05, 4.69) is 16.4 Å². The summed E-state index contributed by atoms with van der Waals surface area (Å²) >= 11 is 5.97. The molecule has 1 aliphatic rings. The fourth-order valence-electron chi connectivity index (χ4n) is 3.83. The molecular weight excluding hydrogens is 412 g/mol. The van der Waals surface area contributed by atoms with Gasteiger partial charge in [-0.2, -0.15) is 0 Å². The van der Waals surface area contributed by atoms with Crippen molar-refractivity contribution in [2.45, 2.75) is 45.1 Å². The number of nitrogens with one attached hydrogen (secondary N) is 1. The molecule has 0 atom stereocenters. The van der Waals surface area contributed by atoms with E-state index < -0.39 is 0 Å². The zero-order valence-electron chi connectivity index (χ0n) is 18.3. The topological polar surface area (TPSA) is 60.5 Å². The van der Waals surface area contributed by atoms with Crippen molar-refractivity contribution in [1.82, 2.24) is 4.98 Å². The number of methoxy groups -OCH3 is 2. The summed E-state index contributed by atoms with van der Waals surface area (Å²) in [5, 5.41) is 5.40. The Bertz CT molecular complexity index is 1010. The monoisotopic (exact) mass is 440 g/mol. The van der Waals surface area contributed by atoms with E-state index in [0.717, 1.165) is 21.7 Å². The summed E-state index contributed by atoms with van der Waals surface area (Å²) in [7, 11) is 3.06. The normalized spacial score (nSPS) is 13.8. The lowest BCUT2D eigenvalue weighted by Crippen LogP contribution is -2.22. The van der Waals surface area contributed by atoms with Crippen LogP contribution in [0.1, 0.15) is 49.4 Å². The maximum atomic E-state index is 11.2. The number of carbonyl (C=O) groups is 1. The smallest absolute Gasteiger partial charge is 0.167 e. The molecule has 0 radical (unpaired) electrons. The van der Waals surface area contributed by atoms with E-state index in [1.807, 2.05) is 24.3 Å². The van der Waals surface area contributed by atoms with Crippen LogP contribution in [0.25, 0.3) is 10.9 Å². The van der Waals surface area contributed by atoms with Crippen LogP contribution in [0.5, 0.6) is 11.5 Å². The fraction of sp³-hybridized carbons (Fsp3) is 0.360. The van der Waals surface area contributed by atoms with E-state index in [0.29, 0.717) is 23.1 Å². The number of fused-ring (bicyclic) bond motifs is 1. The van der Waals surface area contributed by atoms with Gasteiger partial charge in [0.25, 0.3) is 0 Å². The summed E-state index contributed by atoms with van der Waals surface area (Å²) in [6, 6.07) is 15.8. The van der Waals surface area contributed by atoms with E-state index >= 15 is 0 Å². The molecule has 164 valence electrons. The summed E-state index contributed by atoms with van der Waals surface area (Å²) < 4.78 is 10.1. The molecule has 31 heavy (non-hydrogen) atoms. The quantitative estimate of drug-likeness (QED) is 0.456. The van der Waals surface area contributed by atoms with Crippen molar-refractivity contribution in [3.05, 3.63) is 59.1 Å². The number of benzene rings is 2. The van der Waals surface area contributed by atoms with Gasteiger partial charge >= 0.3 is 0 Å². The van der Waals surface area contributed by atoms with Crippen LogP contribution in [0.15, 0.2) is 48.5 Å². The molecule has 4 rings (SSSR count). The highest BCUT2D eigenvalue weighted by Gasteiger charge is 2.14. The Balaban J connectivity index is 0.000000187. The lowest BCUT2D eigenvalue weighted by molar-refractivity contribution is 0.101. The third-order valence-electron chi connectivity index (χ3n) is 5.39. The molecule has 6 heteroatoms. The largest absolute Gasteiger partial charge is 0.496 e. The van der Waals surface area contributed by atoms with Gasteiger partial charge in [-0.3, -0.25) is 4.79 Å². The maximum Gasteiger partial charge on any atom is 0.167 e. The molecule has 0 unspecified atom stereocenters. The molecule has 1 saturated carbocycles. The van der Waals surface area contributed by atoms with Gasteiger partial charge in [0.2, 0.25) is 0 Å². The molecular formula is C25H29ClN2O3. The molecule has 1 heterocycles. The van der Waals surface area contributed by atoms with Crippen molar-refractivity contribution in [3.8, 4) is 11.5 Å². The number of rotatable bonds is 5. The number of anilines is 1. The van der Waals surface area contributed by atoms with Crippen LogP contribution in [0.3, 0.4) is 0 Å². The fourth-order valence-corrected chi connectivity index (χ4v) is 4.01. The van der Waals surface area contributed by atoms with Crippen LogP contribution in [-0.4, -0.2) is 31.0 Å². The lowest BCUT2D eigenvalue weighted by atomic mass is 9.95. The first-order valence-corrected chi connectivity index (χ1v) is 10.9. The highest BCUT2D eigenvalue weighted by Crippen LogP contribution is 2.28. The molecule has 0 spiro atoms. The molecule has 1 N–H and O–H groups in total. The van der Waals surface area contributed by atoms with Gasteiger partial charge in [-0.05, 0) is 62.2 Å². The number of nitrogens with zero attached hydrogens (tertiary/aromatic N) is 1. The van der Waals surface area contributed by atoms with Crippen molar-refractivity contribution < 1.29 is 14.3 Å². The second kappa shape index (κ2) is 11.0. The van der Waals surface area contributed by atoms with Crippen molar-refractivity contribution in [1.29, 1.82) is 0 Å². The van der Waals surface area contributed by atoms with Crippen molar-refractivity contribution in [3.63, 3.8) is 0 Å². The highest BCUT2D eigenvalue weighted by molar-refractivity contribution is 6.31. The van der Waals surface area contributed by atoms with E-state index in [1.54, 1.807) is 18.2 Å². The molecule has 0 aliphatic heterocycles. The number of carbonyl (C=O) groups excluding carboxylic acids is 1. The number of pyridine rings is 1. The molecule has 5 nitrogen and oxygen atoms in total. The summed E-state index contributed by atoms with van der Waals surface area (Å²) in [6.45, 7) is 1.49. The van der Waals surface area contributed by atoms with E-state index in [9.17, 15) is 4.79 Å². The van der Waals surface area contributed by atoms with Crippen LogP contribution in [0, 0.1) is 0 Å². The van der Waals surface area contributed by atoms with Crippen LogP contribution in [0.4, 0.5) is 5.82 Å². The first kappa shape index (κ1) is 22.9. The van der Waals surface area contributed by atoms with Crippen LogP contribution >= 0.6 is 11.6 Å². The first-order chi connectivity index (χ1) is 15.0. The standard InChI is InChI=1S/C15H17ClN2.C10H12O3/c16-12-7-8-14-11(10-12)6-9-15(18-14)17-13-4-2-1-3-5-13;1-7(11)10-8(12-2)5-4-6-9(10)13-3/h6-10,13H,1-5H2,(H,17,18);4-6H,1-3H3. The minimum Gasteiger partial charge on any atom is -0.496 e. The van der Waals surface area contributed by atoms with Gasteiger partial charge in [-0.15, -0.1) is 0 Å². The van der Waals surface area contributed by atoms with Gasteiger partial charge in [0.05, 0.1) is 19.7 Å². The number of hydrogen-bond acceptors (Lipinski definition) is 5. The average Bonchev–Trinajstić information content (AvgIpc) is 2.79. The average molecular weight is 441 g/mol. The van der Waals surface area contributed by atoms with Gasteiger partial charge in [0.1, 0.15) is 22.9 Å². The Morgan fingerprint density at radius 3 is 2.29 bits per heavy atom. The van der Waals surface area contributed by atoms with Gasteiger partial charge in [-0.1, -0.05) is 36.9 Å². The van der Waals surface area contributed by atoms with E-state index in [1.165, 1.54) is 53.2 Å². The molecule has 3 aromatic rings. The zero-order chi connectivity index (χ0) is 22.2. The Morgan fingerprint density at radius 1 is 1.00 bits per heavy atom. The highest BCUT2D eigenvalue weighted by atomic mass is 35.5. The van der Waals surface area contributed by atoms with Crippen LogP contribution < -0.4 is 14.8 Å². The predicted octanol–water partition coefficient (Wildman–Crippen LogP) is 6.54. The molecule has 2 aromatic carbocycles. The first-order valence-electron chi connectivity index (χ1n) is 10.6. The van der Waals surface area contributed by atoms with Crippen LogP contribution in [0.2, 0.25) is 5.02 Å². The number of aromatic nitrogens is 1. The summed E-state index contributed by atoms with van der Waals surface area (Å²) in [4.78, 5) is 15.9. The van der Waals surface area contributed by atoms with Gasteiger partial charge in [0.15, 0.2) is 5.78 Å². The lowest BCUT2D eigenvalue weighted by Gasteiger charge is -2.23. The SMILES string of the molecule is COc1cccc(OC)c1C(C)=O.Clc1ccc2nc(NC3CCCCC3)ccc2c1. The molecule has 0 saturated heterocycles. The number of ketones is 1. The third kappa shape index (κ3) is 6.11. The molecule has 1 aliphatic carbocycles. The third-order valence-corrected chi connectivity index (χ3v) is 5.62. The Hall–Kier alpha value is -2.79. The van der Waals surface area contributed by atoms with Crippen molar-refractivity contribution in [2.75, 3.05) is 19.5 Å². The van der Waals surface area contributed by atoms with E-state index in [-0.39, 0.29) is 5.78 Å². The van der Waals surface area contributed by atoms with Gasteiger partial charge in [-0.25, -0.2) is 4.98 Å². The Labute approximate surface area is 188 Å². The van der Waals surface area contributed by atoms with Crippen molar-refractivity contribution >= 4 is 34.1 Å². The number of ether oxygens (including phenoxy) is 2. The van der Waals surface area contributed by atoms with Crippen molar-refractivity contribution in [2.24, 2.45) is 0 Å². The minimum absolute atomic E-state index is 0.0608. The Morgan fingerprint density at radius 2 is 1.68 bits per heavy atom. The summed E-state index contributed by atoms with van der Waals surface area (Å²) in [5.41, 5.74) is 1.49.